The molecular weight excluding hydrogens is 162 g/mol. The first kappa shape index (κ1) is 8.25. The fraction of sp³-hybridized carbons (Fsp3) is 1.00. The molecule has 1 heterocycles. The second-order valence-electron chi connectivity index (χ2n) is 5.66. The molecule has 3 fully saturated rings. The van der Waals surface area contributed by atoms with Crippen molar-refractivity contribution in [2.75, 3.05) is 6.61 Å². The van der Waals surface area contributed by atoms with Crippen LogP contribution in [0.15, 0.2) is 0 Å². The number of hydrogen-bond acceptors (Lipinski definition) is 2. The Balaban J connectivity index is 1.85. The van der Waals surface area contributed by atoms with Gasteiger partial charge >= 0.3 is 0 Å². The van der Waals surface area contributed by atoms with E-state index in [1.165, 1.54) is 25.7 Å². The largest absolute Gasteiger partial charge is 0.359 e. The second kappa shape index (κ2) is 2.29. The van der Waals surface area contributed by atoms with Crippen molar-refractivity contribution in [1.29, 1.82) is 0 Å². The van der Waals surface area contributed by atoms with Gasteiger partial charge in [-0.15, -0.1) is 0 Å². The molecule has 0 radical (unpaired) electrons. The molecule has 0 aromatic carbocycles. The van der Waals surface area contributed by atoms with E-state index in [4.69, 9.17) is 4.74 Å². The van der Waals surface area contributed by atoms with Gasteiger partial charge in [0.15, 0.2) is 0 Å². The number of ether oxygens (including phenoxy) is 1. The van der Waals surface area contributed by atoms with Crippen molar-refractivity contribution in [3.63, 3.8) is 0 Å². The average molecular weight is 181 g/mol. The Hall–Kier alpha value is -0.0800. The highest BCUT2D eigenvalue weighted by molar-refractivity contribution is 5.10. The maximum absolute atomic E-state index is 5.82. The van der Waals surface area contributed by atoms with Gasteiger partial charge in [-0.05, 0) is 44.9 Å². The zero-order chi connectivity index (χ0) is 9.10. The minimum atomic E-state index is -0.0789. The predicted octanol–water partition coefficient (Wildman–Crippen LogP) is 1.90. The van der Waals surface area contributed by atoms with Crippen molar-refractivity contribution in [1.82, 2.24) is 5.32 Å². The number of fused-ring (bicyclic) bond motifs is 3. The fourth-order valence-corrected chi connectivity index (χ4v) is 3.75. The molecule has 2 aliphatic carbocycles. The van der Waals surface area contributed by atoms with E-state index in [1.54, 1.807) is 0 Å². The maximum Gasteiger partial charge on any atom is 0.114 e. The summed E-state index contributed by atoms with van der Waals surface area (Å²) in [5.74, 6) is 1.90. The molecule has 1 aliphatic heterocycles. The van der Waals surface area contributed by atoms with Gasteiger partial charge in [0.1, 0.15) is 5.72 Å². The summed E-state index contributed by atoms with van der Waals surface area (Å²) in [5, 5.41) is 3.71. The monoisotopic (exact) mass is 181 g/mol. The fourth-order valence-electron chi connectivity index (χ4n) is 3.75. The molecule has 3 rings (SSSR count). The first-order chi connectivity index (χ1) is 6.10. The van der Waals surface area contributed by atoms with E-state index in [9.17, 15) is 0 Å². The molecule has 1 N–H and O–H groups in total. The lowest BCUT2D eigenvalue weighted by atomic mass is 9.82. The van der Waals surface area contributed by atoms with E-state index in [0.717, 1.165) is 18.4 Å². The summed E-state index contributed by atoms with van der Waals surface area (Å²) in [4.78, 5) is 0. The molecular formula is C11H19NO. The van der Waals surface area contributed by atoms with Crippen LogP contribution in [0.25, 0.3) is 0 Å². The molecule has 74 valence electrons. The van der Waals surface area contributed by atoms with Crippen LogP contribution in [-0.2, 0) is 4.74 Å². The molecule has 13 heavy (non-hydrogen) atoms. The van der Waals surface area contributed by atoms with Crippen LogP contribution in [0.1, 0.15) is 39.5 Å². The van der Waals surface area contributed by atoms with E-state index < -0.39 is 0 Å². The number of hydrogen-bond donors (Lipinski definition) is 1. The van der Waals surface area contributed by atoms with Crippen molar-refractivity contribution < 1.29 is 4.74 Å². The van der Waals surface area contributed by atoms with E-state index in [2.05, 4.69) is 19.2 Å². The summed E-state index contributed by atoms with van der Waals surface area (Å²) in [7, 11) is 0. The quantitative estimate of drug-likeness (QED) is 0.616. The van der Waals surface area contributed by atoms with Gasteiger partial charge in [0.05, 0.1) is 6.61 Å². The normalized spacial score (nSPS) is 52.2. The first-order valence-corrected chi connectivity index (χ1v) is 5.53. The topological polar surface area (TPSA) is 21.3 Å². The van der Waals surface area contributed by atoms with Gasteiger partial charge in [0.25, 0.3) is 0 Å². The van der Waals surface area contributed by atoms with Gasteiger partial charge in [-0.2, -0.15) is 0 Å². The third kappa shape index (κ3) is 1.08. The van der Waals surface area contributed by atoms with Crippen LogP contribution >= 0.6 is 0 Å². The minimum Gasteiger partial charge on any atom is -0.359 e. The minimum absolute atomic E-state index is 0.0789. The summed E-state index contributed by atoms with van der Waals surface area (Å²) in [6.45, 7) is 5.24. The maximum atomic E-state index is 5.82. The molecule has 0 amide bonds. The van der Waals surface area contributed by atoms with Gasteiger partial charge in [0.2, 0.25) is 0 Å². The molecule has 1 spiro atoms. The molecule has 2 bridgehead atoms. The van der Waals surface area contributed by atoms with Gasteiger partial charge < -0.3 is 4.74 Å². The molecule has 3 unspecified atom stereocenters. The van der Waals surface area contributed by atoms with Crippen molar-refractivity contribution in [2.45, 2.75) is 50.8 Å². The van der Waals surface area contributed by atoms with Gasteiger partial charge in [-0.25, -0.2) is 0 Å². The Morgan fingerprint density at radius 3 is 2.62 bits per heavy atom. The van der Waals surface area contributed by atoms with Crippen molar-refractivity contribution >= 4 is 0 Å². The Morgan fingerprint density at radius 2 is 2.15 bits per heavy atom. The summed E-state index contributed by atoms with van der Waals surface area (Å²) >= 11 is 0. The van der Waals surface area contributed by atoms with E-state index in [0.29, 0.717) is 5.54 Å². The lowest BCUT2D eigenvalue weighted by Crippen LogP contribution is -2.52. The molecule has 2 saturated carbocycles. The van der Waals surface area contributed by atoms with Crippen LogP contribution in [0, 0.1) is 11.8 Å². The van der Waals surface area contributed by atoms with Crippen LogP contribution in [0.3, 0.4) is 0 Å². The Morgan fingerprint density at radius 1 is 1.31 bits per heavy atom. The highest BCUT2D eigenvalue weighted by Crippen LogP contribution is 2.53. The number of rotatable bonds is 0. The lowest BCUT2D eigenvalue weighted by molar-refractivity contribution is 0.0222. The highest BCUT2D eigenvalue weighted by Gasteiger charge is 2.56. The molecule has 1 saturated heterocycles. The highest BCUT2D eigenvalue weighted by atomic mass is 16.5. The average Bonchev–Trinajstić information content (AvgIpc) is 2.65. The predicted molar refractivity (Wildman–Crippen MR) is 51.3 cm³/mol. The zero-order valence-electron chi connectivity index (χ0n) is 8.60. The zero-order valence-corrected chi connectivity index (χ0v) is 8.60. The van der Waals surface area contributed by atoms with Gasteiger partial charge in [-0.1, -0.05) is 6.42 Å². The van der Waals surface area contributed by atoms with Crippen molar-refractivity contribution in [3.8, 4) is 0 Å². The Kier molecular flexibility index (Phi) is 1.45. The SMILES string of the molecule is CC1(C)NC2(CO1)CC1CCC2C1. The van der Waals surface area contributed by atoms with Crippen LogP contribution in [0.2, 0.25) is 0 Å². The van der Waals surface area contributed by atoms with Gasteiger partial charge in [-0.3, -0.25) is 5.32 Å². The van der Waals surface area contributed by atoms with Crippen LogP contribution < -0.4 is 5.32 Å². The second-order valence-corrected chi connectivity index (χ2v) is 5.66. The lowest BCUT2D eigenvalue weighted by Gasteiger charge is -2.34. The van der Waals surface area contributed by atoms with Crippen molar-refractivity contribution in [3.05, 3.63) is 0 Å². The van der Waals surface area contributed by atoms with Crippen molar-refractivity contribution in [2.24, 2.45) is 11.8 Å². The molecule has 2 heteroatoms. The third-order valence-corrected chi connectivity index (χ3v) is 4.22. The van der Waals surface area contributed by atoms with E-state index >= 15 is 0 Å². The van der Waals surface area contributed by atoms with Crippen LogP contribution in [0.5, 0.6) is 0 Å². The Bertz CT molecular complexity index is 238. The summed E-state index contributed by atoms with van der Waals surface area (Å²) in [5.41, 5.74) is 0.289. The van der Waals surface area contributed by atoms with E-state index in [-0.39, 0.29) is 5.72 Å². The summed E-state index contributed by atoms with van der Waals surface area (Å²) in [6.07, 6.45) is 5.71. The van der Waals surface area contributed by atoms with Crippen LogP contribution in [0.4, 0.5) is 0 Å². The molecule has 0 aromatic rings. The third-order valence-electron chi connectivity index (χ3n) is 4.22. The first-order valence-electron chi connectivity index (χ1n) is 5.53. The molecule has 3 aliphatic rings. The molecule has 0 aromatic heterocycles. The number of nitrogens with one attached hydrogen (secondary N) is 1. The molecule has 2 nitrogen and oxygen atoms in total. The smallest absolute Gasteiger partial charge is 0.114 e. The molecule has 3 atom stereocenters. The van der Waals surface area contributed by atoms with Gasteiger partial charge in [0, 0.05) is 5.54 Å². The Labute approximate surface area is 80.0 Å². The standard InChI is InChI=1S/C11H19NO/c1-10(2)12-11(7-13-10)6-8-3-4-9(11)5-8/h8-9,12H,3-7H2,1-2H3. The van der Waals surface area contributed by atoms with E-state index in [1.807, 2.05) is 0 Å². The van der Waals surface area contributed by atoms with Crippen LogP contribution in [-0.4, -0.2) is 17.9 Å². The summed E-state index contributed by atoms with van der Waals surface area (Å²) < 4.78 is 5.82. The summed E-state index contributed by atoms with van der Waals surface area (Å²) in [6, 6.07) is 0.